The molecule has 138 valence electrons. The molecule has 26 heavy (non-hydrogen) atoms. The summed E-state index contributed by atoms with van der Waals surface area (Å²) in [5.41, 5.74) is 8.80. The summed E-state index contributed by atoms with van der Waals surface area (Å²) in [5, 5.41) is 5.84. The first-order valence-corrected chi connectivity index (χ1v) is 9.28. The van der Waals surface area contributed by atoms with Crippen LogP contribution in [0.3, 0.4) is 0 Å². The zero-order valence-electron chi connectivity index (χ0n) is 14.7. The lowest BCUT2D eigenvalue weighted by Gasteiger charge is -2.29. The molecule has 1 saturated carbocycles. The number of benzene rings is 1. The van der Waals surface area contributed by atoms with Gasteiger partial charge in [-0.3, -0.25) is 19.7 Å². The van der Waals surface area contributed by atoms with Crippen LogP contribution in [-0.2, 0) is 22.7 Å². The molecule has 7 nitrogen and oxygen atoms in total. The van der Waals surface area contributed by atoms with Crippen molar-refractivity contribution in [3.05, 3.63) is 34.9 Å². The highest BCUT2D eigenvalue weighted by atomic mass is 16.2. The number of hydrogen-bond acceptors (Lipinski definition) is 5. The third kappa shape index (κ3) is 3.12. The number of nitrogens with one attached hydrogen (secondary N) is 2. The van der Waals surface area contributed by atoms with Gasteiger partial charge in [-0.05, 0) is 36.5 Å². The Hall–Kier alpha value is -2.25. The van der Waals surface area contributed by atoms with Crippen molar-refractivity contribution >= 4 is 17.7 Å². The molecular weight excluding hydrogens is 332 g/mol. The van der Waals surface area contributed by atoms with Gasteiger partial charge in [-0.25, -0.2) is 0 Å². The predicted octanol–water partition coefficient (Wildman–Crippen LogP) is 0.417. The fourth-order valence-electron chi connectivity index (χ4n) is 4.23. The second kappa shape index (κ2) is 6.81. The van der Waals surface area contributed by atoms with Gasteiger partial charge >= 0.3 is 0 Å². The fourth-order valence-corrected chi connectivity index (χ4v) is 4.23. The van der Waals surface area contributed by atoms with Gasteiger partial charge in [0.2, 0.25) is 11.8 Å². The van der Waals surface area contributed by atoms with Gasteiger partial charge in [0.25, 0.3) is 5.91 Å². The molecule has 0 radical (unpaired) electrons. The smallest absolute Gasteiger partial charge is 0.255 e. The molecule has 3 atom stereocenters. The zero-order chi connectivity index (χ0) is 18.3. The lowest BCUT2D eigenvalue weighted by molar-refractivity contribution is -0.136. The monoisotopic (exact) mass is 356 g/mol. The minimum absolute atomic E-state index is 0.133. The molecule has 4 rings (SSSR count). The number of nitrogens with zero attached hydrogens (tertiary/aromatic N) is 1. The molecule has 0 aromatic heterocycles. The summed E-state index contributed by atoms with van der Waals surface area (Å²) in [7, 11) is 0. The first kappa shape index (κ1) is 17.2. The molecule has 1 aromatic carbocycles. The van der Waals surface area contributed by atoms with Gasteiger partial charge in [-0.15, -0.1) is 0 Å². The summed E-state index contributed by atoms with van der Waals surface area (Å²) < 4.78 is 0. The van der Waals surface area contributed by atoms with E-state index in [-0.39, 0.29) is 30.2 Å². The number of rotatable bonds is 4. The van der Waals surface area contributed by atoms with E-state index >= 15 is 0 Å². The normalized spacial score (nSPS) is 28.4. The Bertz CT molecular complexity index is 763. The highest BCUT2D eigenvalue weighted by Crippen LogP contribution is 2.28. The number of amides is 3. The van der Waals surface area contributed by atoms with Crippen LogP contribution < -0.4 is 16.4 Å². The Morgan fingerprint density at radius 1 is 1.19 bits per heavy atom. The summed E-state index contributed by atoms with van der Waals surface area (Å²) in [4.78, 5) is 37.7. The molecule has 1 aromatic rings. The molecule has 2 heterocycles. The average molecular weight is 356 g/mol. The molecule has 0 spiro atoms. The molecular formula is C19H24N4O3. The SMILES string of the molecule is N[C@H]1CCC[C@@H]1NCc1ccc2c(c1)CN(C1CCC(=O)NC1=O)C2=O. The van der Waals surface area contributed by atoms with Crippen LogP contribution >= 0.6 is 0 Å². The van der Waals surface area contributed by atoms with E-state index in [1.165, 1.54) is 6.42 Å². The number of piperidine rings is 1. The molecule has 0 bridgehead atoms. The molecule has 3 aliphatic rings. The largest absolute Gasteiger partial charge is 0.326 e. The van der Waals surface area contributed by atoms with Gasteiger partial charge in [0.1, 0.15) is 6.04 Å². The minimum atomic E-state index is -0.564. The maximum absolute atomic E-state index is 12.7. The van der Waals surface area contributed by atoms with Crippen molar-refractivity contribution in [3.8, 4) is 0 Å². The molecule has 1 aliphatic carbocycles. The number of hydrogen-bond donors (Lipinski definition) is 3. The lowest BCUT2D eigenvalue weighted by Crippen LogP contribution is -2.52. The molecule has 1 unspecified atom stereocenters. The topological polar surface area (TPSA) is 105 Å². The molecule has 7 heteroatoms. The Labute approximate surface area is 152 Å². The van der Waals surface area contributed by atoms with Crippen molar-refractivity contribution in [2.75, 3.05) is 0 Å². The van der Waals surface area contributed by atoms with Crippen LogP contribution in [0, 0.1) is 0 Å². The van der Waals surface area contributed by atoms with Crippen molar-refractivity contribution in [1.82, 2.24) is 15.5 Å². The average Bonchev–Trinajstić information content (AvgIpc) is 3.16. The van der Waals surface area contributed by atoms with Gasteiger partial charge in [0.15, 0.2) is 0 Å². The van der Waals surface area contributed by atoms with Gasteiger partial charge in [0, 0.05) is 37.2 Å². The van der Waals surface area contributed by atoms with E-state index in [1.807, 2.05) is 18.2 Å². The molecule has 3 amide bonds. The van der Waals surface area contributed by atoms with Crippen LogP contribution in [0.1, 0.15) is 53.6 Å². The third-order valence-corrected chi connectivity index (χ3v) is 5.73. The Kier molecular flexibility index (Phi) is 4.50. The maximum Gasteiger partial charge on any atom is 0.255 e. The van der Waals surface area contributed by atoms with Gasteiger partial charge in [-0.2, -0.15) is 0 Å². The Morgan fingerprint density at radius 2 is 2.04 bits per heavy atom. The summed E-state index contributed by atoms with van der Waals surface area (Å²) in [6.07, 6.45) is 4.00. The van der Waals surface area contributed by atoms with E-state index in [4.69, 9.17) is 5.73 Å². The van der Waals surface area contributed by atoms with E-state index in [1.54, 1.807) is 4.90 Å². The van der Waals surface area contributed by atoms with Crippen molar-refractivity contribution in [1.29, 1.82) is 0 Å². The molecule has 2 aliphatic heterocycles. The number of carbonyl (C=O) groups is 3. The van der Waals surface area contributed by atoms with Crippen LogP contribution in [0.15, 0.2) is 18.2 Å². The first-order valence-electron chi connectivity index (χ1n) is 9.28. The van der Waals surface area contributed by atoms with Gasteiger partial charge in [0.05, 0.1) is 0 Å². The van der Waals surface area contributed by atoms with Crippen LogP contribution in [-0.4, -0.2) is 40.7 Å². The lowest BCUT2D eigenvalue weighted by atomic mass is 10.0. The molecule has 4 N–H and O–H groups in total. The van der Waals surface area contributed by atoms with E-state index in [9.17, 15) is 14.4 Å². The maximum atomic E-state index is 12.7. The van der Waals surface area contributed by atoms with E-state index in [0.717, 1.165) is 30.5 Å². The van der Waals surface area contributed by atoms with Crippen molar-refractivity contribution in [3.63, 3.8) is 0 Å². The third-order valence-electron chi connectivity index (χ3n) is 5.73. The quantitative estimate of drug-likeness (QED) is 0.678. The number of nitrogens with two attached hydrogens (primary N) is 1. The van der Waals surface area contributed by atoms with Crippen LogP contribution in [0.2, 0.25) is 0 Å². The van der Waals surface area contributed by atoms with Crippen LogP contribution in [0.25, 0.3) is 0 Å². The summed E-state index contributed by atoms with van der Waals surface area (Å²) >= 11 is 0. The fraction of sp³-hybridized carbons (Fsp3) is 0.526. The van der Waals surface area contributed by atoms with E-state index in [2.05, 4.69) is 10.6 Å². The second-order valence-electron chi connectivity index (χ2n) is 7.47. The summed E-state index contributed by atoms with van der Waals surface area (Å²) in [6, 6.07) is 5.84. The van der Waals surface area contributed by atoms with E-state index in [0.29, 0.717) is 24.6 Å². The van der Waals surface area contributed by atoms with Crippen LogP contribution in [0.5, 0.6) is 0 Å². The summed E-state index contributed by atoms with van der Waals surface area (Å²) in [5.74, 6) is -0.778. The Balaban J connectivity index is 1.44. The summed E-state index contributed by atoms with van der Waals surface area (Å²) in [6.45, 7) is 1.13. The molecule has 2 fully saturated rings. The Morgan fingerprint density at radius 3 is 2.77 bits per heavy atom. The van der Waals surface area contributed by atoms with Crippen molar-refractivity contribution < 1.29 is 14.4 Å². The van der Waals surface area contributed by atoms with Crippen LogP contribution in [0.4, 0.5) is 0 Å². The van der Waals surface area contributed by atoms with Crippen molar-refractivity contribution in [2.24, 2.45) is 5.73 Å². The minimum Gasteiger partial charge on any atom is -0.326 e. The predicted molar refractivity (Wildman–Crippen MR) is 94.9 cm³/mol. The zero-order valence-corrected chi connectivity index (χ0v) is 14.7. The second-order valence-corrected chi connectivity index (χ2v) is 7.47. The van der Waals surface area contributed by atoms with Gasteiger partial charge in [-0.1, -0.05) is 18.6 Å². The molecule has 1 saturated heterocycles. The number of carbonyl (C=O) groups excluding carboxylic acids is 3. The first-order chi connectivity index (χ1) is 12.5. The van der Waals surface area contributed by atoms with Crippen molar-refractivity contribution in [2.45, 2.75) is 63.3 Å². The van der Waals surface area contributed by atoms with Gasteiger partial charge < -0.3 is 16.0 Å². The highest BCUT2D eigenvalue weighted by Gasteiger charge is 2.39. The number of fused-ring (bicyclic) bond motifs is 1. The standard InChI is InChI=1S/C19H24N4O3/c20-14-2-1-3-15(14)21-9-11-4-5-13-12(8-11)10-23(19(13)26)16-6-7-17(24)22-18(16)25/h4-5,8,14-16,21H,1-3,6-7,9-10,20H2,(H,22,24,25)/t14-,15-,16?/m0/s1. The number of imide groups is 1. The highest BCUT2D eigenvalue weighted by molar-refractivity contribution is 6.05. The van der Waals surface area contributed by atoms with E-state index < -0.39 is 6.04 Å².